The van der Waals surface area contributed by atoms with E-state index in [-0.39, 0.29) is 22.0 Å². The third-order valence-corrected chi connectivity index (χ3v) is 8.15. The molecule has 192 valence electrons. The van der Waals surface area contributed by atoms with Gasteiger partial charge in [-0.05, 0) is 66.2 Å². The number of carbonyl (C=O) groups is 3. The number of aryl methyl sites for hydroxylation is 1. The average Bonchev–Trinajstić information content (AvgIpc) is 3.36. The fraction of sp³-hybridized carbons (Fsp3) is 0.0800. The lowest BCUT2D eigenvalue weighted by Gasteiger charge is -2.10. The Labute approximate surface area is 226 Å². The Hall–Kier alpha value is -4.00. The summed E-state index contributed by atoms with van der Waals surface area (Å²) in [6.45, 7) is 2.05. The molecule has 3 heterocycles. The van der Waals surface area contributed by atoms with E-state index in [2.05, 4.69) is 15.3 Å². The van der Waals surface area contributed by atoms with Crippen molar-refractivity contribution in [3.63, 3.8) is 0 Å². The van der Waals surface area contributed by atoms with E-state index in [1.807, 2.05) is 4.72 Å². The molecule has 38 heavy (non-hydrogen) atoms. The molecule has 1 fully saturated rings. The molecule has 0 bridgehead atoms. The van der Waals surface area contributed by atoms with Gasteiger partial charge in [-0.3, -0.25) is 19.7 Å². The molecule has 0 atom stereocenters. The Kier molecular flexibility index (Phi) is 6.78. The van der Waals surface area contributed by atoms with Gasteiger partial charge in [-0.2, -0.15) is 0 Å². The third kappa shape index (κ3) is 5.19. The highest BCUT2D eigenvalue weighted by atomic mass is 35.5. The number of pyridine rings is 1. The summed E-state index contributed by atoms with van der Waals surface area (Å²) in [6, 6.07) is 15.8. The number of nitrogens with zero attached hydrogens (tertiary/aromatic N) is 3. The minimum absolute atomic E-state index is 0.0391. The molecule has 3 amide bonds. The zero-order valence-electron chi connectivity index (χ0n) is 19.6. The Bertz CT molecular complexity index is 1770. The second-order valence-corrected chi connectivity index (χ2v) is 11.3. The standard InChI is InChI=1S/C25H18ClN5O5S2/c1-14-27-19-9-10-20(23(32)30-38(35,36)17-5-3-2-4-6-17)28-22(19)31(14)13-16-8-7-15(11-18(16)26)12-21-24(33)29-25(34)37-21/h2-12H,13H2,1H3,(H,30,32)(H,29,33,34). The van der Waals surface area contributed by atoms with E-state index in [4.69, 9.17) is 11.6 Å². The average molecular weight is 568 g/mol. The fourth-order valence-electron chi connectivity index (χ4n) is 3.79. The van der Waals surface area contributed by atoms with Crippen LogP contribution in [-0.2, 0) is 21.4 Å². The summed E-state index contributed by atoms with van der Waals surface area (Å²) in [5, 5.41) is 2.19. The number of thioether (sulfide) groups is 1. The van der Waals surface area contributed by atoms with Gasteiger partial charge in [0.1, 0.15) is 17.0 Å². The maximum Gasteiger partial charge on any atom is 0.290 e. The van der Waals surface area contributed by atoms with Crippen molar-refractivity contribution >= 4 is 67.7 Å². The molecule has 2 aromatic heterocycles. The van der Waals surface area contributed by atoms with E-state index in [1.165, 1.54) is 18.2 Å². The maximum atomic E-state index is 12.8. The number of nitrogens with one attached hydrogen (secondary N) is 2. The van der Waals surface area contributed by atoms with Crippen molar-refractivity contribution in [3.8, 4) is 0 Å². The van der Waals surface area contributed by atoms with Crippen molar-refractivity contribution in [2.75, 3.05) is 0 Å². The monoisotopic (exact) mass is 567 g/mol. The largest absolute Gasteiger partial charge is 0.308 e. The molecule has 1 saturated heterocycles. The van der Waals surface area contributed by atoms with Crippen LogP contribution in [0.3, 0.4) is 0 Å². The normalized spacial score (nSPS) is 14.7. The van der Waals surface area contributed by atoms with Gasteiger partial charge in [0, 0.05) is 5.02 Å². The van der Waals surface area contributed by atoms with Crippen LogP contribution in [0.2, 0.25) is 5.02 Å². The molecule has 10 nitrogen and oxygen atoms in total. The molecular formula is C25H18ClN5O5S2. The smallest absolute Gasteiger partial charge is 0.290 e. The molecule has 5 rings (SSSR count). The molecule has 4 aromatic rings. The van der Waals surface area contributed by atoms with Gasteiger partial charge in [-0.1, -0.05) is 41.9 Å². The van der Waals surface area contributed by atoms with Crippen LogP contribution in [0, 0.1) is 6.92 Å². The minimum atomic E-state index is -4.07. The van der Waals surface area contributed by atoms with Crippen molar-refractivity contribution in [2.45, 2.75) is 18.4 Å². The van der Waals surface area contributed by atoms with Gasteiger partial charge in [-0.25, -0.2) is 23.1 Å². The molecule has 2 aromatic carbocycles. The Balaban J connectivity index is 1.41. The van der Waals surface area contributed by atoms with Crippen LogP contribution < -0.4 is 10.0 Å². The summed E-state index contributed by atoms with van der Waals surface area (Å²) in [5.74, 6) is -0.714. The molecule has 0 saturated carbocycles. The van der Waals surface area contributed by atoms with Crippen molar-refractivity contribution in [2.24, 2.45) is 0 Å². The summed E-state index contributed by atoms with van der Waals surface area (Å²) < 4.78 is 28.9. The zero-order valence-corrected chi connectivity index (χ0v) is 22.0. The number of hydrogen-bond donors (Lipinski definition) is 2. The summed E-state index contributed by atoms with van der Waals surface area (Å²) in [7, 11) is -4.07. The molecule has 0 spiro atoms. The predicted octanol–water partition coefficient (Wildman–Crippen LogP) is 3.88. The highest BCUT2D eigenvalue weighted by Crippen LogP contribution is 2.28. The van der Waals surface area contributed by atoms with Crippen LogP contribution >= 0.6 is 23.4 Å². The summed E-state index contributed by atoms with van der Waals surface area (Å²) in [6.07, 6.45) is 1.58. The highest BCUT2D eigenvalue weighted by molar-refractivity contribution is 8.18. The molecule has 0 radical (unpaired) electrons. The molecule has 13 heteroatoms. The minimum Gasteiger partial charge on any atom is -0.308 e. The van der Waals surface area contributed by atoms with Crippen molar-refractivity contribution < 1.29 is 22.8 Å². The summed E-state index contributed by atoms with van der Waals surface area (Å²) in [5.41, 5.74) is 2.19. The van der Waals surface area contributed by atoms with E-state index in [0.29, 0.717) is 27.6 Å². The predicted molar refractivity (Wildman–Crippen MR) is 143 cm³/mol. The van der Waals surface area contributed by atoms with Gasteiger partial charge in [0.15, 0.2) is 5.65 Å². The lowest BCUT2D eigenvalue weighted by molar-refractivity contribution is -0.115. The number of sulfonamides is 1. The molecular weight excluding hydrogens is 550 g/mol. The van der Waals surface area contributed by atoms with E-state index in [0.717, 1.165) is 17.3 Å². The number of benzene rings is 2. The zero-order chi connectivity index (χ0) is 27.0. The lowest BCUT2D eigenvalue weighted by Crippen LogP contribution is -2.31. The van der Waals surface area contributed by atoms with Crippen LogP contribution in [0.15, 0.2) is 70.5 Å². The number of fused-ring (bicyclic) bond motifs is 1. The van der Waals surface area contributed by atoms with Crippen LogP contribution in [0.4, 0.5) is 4.79 Å². The number of imidazole rings is 1. The third-order valence-electron chi connectivity index (χ3n) is 5.64. The molecule has 0 unspecified atom stereocenters. The number of carbonyl (C=O) groups excluding carboxylic acids is 3. The number of rotatable bonds is 6. The van der Waals surface area contributed by atoms with Gasteiger partial charge in [0.05, 0.1) is 16.3 Å². The molecule has 1 aliphatic heterocycles. The van der Waals surface area contributed by atoms with Crippen molar-refractivity contribution in [1.29, 1.82) is 0 Å². The fourth-order valence-corrected chi connectivity index (χ4v) is 5.70. The topological polar surface area (TPSA) is 140 Å². The first-order valence-electron chi connectivity index (χ1n) is 11.1. The highest BCUT2D eigenvalue weighted by Gasteiger charge is 2.25. The Morgan fingerprint density at radius 3 is 2.55 bits per heavy atom. The maximum absolute atomic E-state index is 12.8. The first-order chi connectivity index (χ1) is 18.1. The van der Waals surface area contributed by atoms with Gasteiger partial charge in [-0.15, -0.1) is 0 Å². The quantitative estimate of drug-likeness (QED) is 0.334. The van der Waals surface area contributed by atoms with Crippen LogP contribution in [0.25, 0.3) is 17.2 Å². The van der Waals surface area contributed by atoms with Gasteiger partial charge in [0.2, 0.25) is 0 Å². The molecule has 0 aliphatic carbocycles. The van der Waals surface area contributed by atoms with E-state index in [9.17, 15) is 22.8 Å². The number of hydrogen-bond acceptors (Lipinski definition) is 8. The van der Waals surface area contributed by atoms with Gasteiger partial charge >= 0.3 is 0 Å². The first-order valence-corrected chi connectivity index (χ1v) is 13.8. The molecule has 2 N–H and O–H groups in total. The number of halogens is 1. The Morgan fingerprint density at radius 2 is 1.87 bits per heavy atom. The van der Waals surface area contributed by atoms with E-state index >= 15 is 0 Å². The van der Waals surface area contributed by atoms with Crippen molar-refractivity contribution in [1.82, 2.24) is 24.6 Å². The first kappa shape index (κ1) is 25.6. The SMILES string of the molecule is Cc1nc2ccc(C(=O)NS(=O)(=O)c3ccccc3)nc2n1Cc1ccc(C=C2SC(=O)NC2=O)cc1Cl. The summed E-state index contributed by atoms with van der Waals surface area (Å²) in [4.78, 5) is 45.1. The Morgan fingerprint density at radius 1 is 1.11 bits per heavy atom. The number of amides is 3. The second kappa shape index (κ2) is 10.0. The van der Waals surface area contributed by atoms with E-state index in [1.54, 1.807) is 60.0 Å². The molecule has 1 aliphatic rings. The van der Waals surface area contributed by atoms with Gasteiger partial charge < -0.3 is 4.57 Å². The lowest BCUT2D eigenvalue weighted by atomic mass is 10.1. The van der Waals surface area contributed by atoms with Crippen LogP contribution in [0.1, 0.15) is 27.4 Å². The van der Waals surface area contributed by atoms with Crippen LogP contribution in [0.5, 0.6) is 0 Å². The van der Waals surface area contributed by atoms with E-state index < -0.39 is 27.1 Å². The van der Waals surface area contributed by atoms with Crippen molar-refractivity contribution in [3.05, 3.63) is 93.2 Å². The summed E-state index contributed by atoms with van der Waals surface area (Å²) >= 11 is 7.34. The number of aromatic nitrogens is 3. The van der Waals surface area contributed by atoms with Gasteiger partial charge in [0.25, 0.3) is 27.1 Å². The second-order valence-electron chi connectivity index (χ2n) is 8.24. The van der Waals surface area contributed by atoms with Crippen LogP contribution in [-0.4, -0.2) is 40.0 Å². The number of imide groups is 1.